The molecule has 1 amide bonds. The molecule has 2 N–H and O–H groups in total. The molecule has 1 aliphatic rings. The van der Waals surface area contributed by atoms with Crippen LogP contribution in [0.25, 0.3) is 0 Å². The number of carbonyl (C=O) groups excluding carboxylic acids is 1. The molecule has 4 nitrogen and oxygen atoms in total. The number of aliphatic hydroxyl groups is 1. The lowest BCUT2D eigenvalue weighted by Crippen LogP contribution is -2.35. The van der Waals surface area contributed by atoms with E-state index in [-0.39, 0.29) is 17.9 Å². The van der Waals surface area contributed by atoms with Crippen LogP contribution < -0.4 is 5.32 Å². The molecule has 1 unspecified atom stereocenters. The zero-order valence-electron chi connectivity index (χ0n) is 13.9. The van der Waals surface area contributed by atoms with Gasteiger partial charge in [-0.25, -0.2) is 0 Å². The van der Waals surface area contributed by atoms with E-state index >= 15 is 0 Å². The number of nitrogens with one attached hydrogen (secondary N) is 1. The van der Waals surface area contributed by atoms with Crippen LogP contribution in [0, 0.1) is 0 Å². The van der Waals surface area contributed by atoms with Crippen molar-refractivity contribution in [1.29, 1.82) is 0 Å². The van der Waals surface area contributed by atoms with E-state index in [0.29, 0.717) is 0 Å². The first-order valence-corrected chi connectivity index (χ1v) is 9.39. The van der Waals surface area contributed by atoms with Crippen molar-refractivity contribution in [1.82, 2.24) is 4.90 Å². The number of benzene rings is 1. The Balaban J connectivity index is 1.66. The summed E-state index contributed by atoms with van der Waals surface area (Å²) < 4.78 is 0. The number of amides is 1. The van der Waals surface area contributed by atoms with Gasteiger partial charge in [0.2, 0.25) is 5.91 Å². The smallest absolute Gasteiger partial charge is 0.231 e. The number of rotatable bonds is 5. The Bertz CT molecular complexity index is 664. The fourth-order valence-electron chi connectivity index (χ4n) is 3.01. The lowest BCUT2D eigenvalue weighted by atomic mass is 10.0. The lowest BCUT2D eigenvalue weighted by Gasteiger charge is -2.30. The second-order valence-electron chi connectivity index (χ2n) is 6.43. The van der Waals surface area contributed by atoms with Gasteiger partial charge in [0, 0.05) is 25.3 Å². The Morgan fingerprint density at radius 1 is 1.33 bits per heavy atom. The highest BCUT2D eigenvalue weighted by Crippen LogP contribution is 2.23. The first-order valence-electron chi connectivity index (χ1n) is 8.45. The molecule has 1 aromatic carbocycles. The predicted molar refractivity (Wildman–Crippen MR) is 98.3 cm³/mol. The molecule has 1 aliphatic heterocycles. The maximum Gasteiger partial charge on any atom is 0.231 e. The van der Waals surface area contributed by atoms with Gasteiger partial charge in [-0.15, -0.1) is 0 Å². The summed E-state index contributed by atoms with van der Waals surface area (Å²) in [5.41, 5.74) is 3.07. The number of aliphatic hydroxyl groups excluding tert-OH is 1. The summed E-state index contributed by atoms with van der Waals surface area (Å²) in [5.74, 6) is -0.135. The third kappa shape index (κ3) is 4.23. The minimum atomic E-state index is -0.164. The van der Waals surface area contributed by atoms with Gasteiger partial charge in [-0.3, -0.25) is 9.69 Å². The van der Waals surface area contributed by atoms with Crippen LogP contribution in [0.3, 0.4) is 0 Å². The molecule has 0 aliphatic carbocycles. The third-order valence-electron chi connectivity index (χ3n) is 4.66. The SMILES string of the molecule is CC(C(=O)Nc1ccccc1CN1CCC(O)CC1)c1ccsc1. The van der Waals surface area contributed by atoms with Crippen LogP contribution in [0.15, 0.2) is 41.1 Å². The Hall–Kier alpha value is -1.69. The van der Waals surface area contributed by atoms with E-state index in [4.69, 9.17) is 0 Å². The van der Waals surface area contributed by atoms with E-state index in [1.807, 2.05) is 41.9 Å². The number of thiophene rings is 1. The molecule has 0 spiro atoms. The van der Waals surface area contributed by atoms with Crippen LogP contribution in [0.4, 0.5) is 5.69 Å². The highest BCUT2D eigenvalue weighted by molar-refractivity contribution is 7.08. The van der Waals surface area contributed by atoms with Gasteiger partial charge in [-0.05, 0) is 53.8 Å². The Morgan fingerprint density at radius 3 is 2.79 bits per heavy atom. The quantitative estimate of drug-likeness (QED) is 0.873. The molecule has 1 fully saturated rings. The molecule has 0 radical (unpaired) electrons. The van der Waals surface area contributed by atoms with E-state index in [9.17, 15) is 9.90 Å². The molecule has 2 heterocycles. The normalized spacial score (nSPS) is 17.6. The summed E-state index contributed by atoms with van der Waals surface area (Å²) in [5, 5.41) is 16.7. The average Bonchev–Trinajstić information content (AvgIpc) is 3.12. The van der Waals surface area contributed by atoms with E-state index in [2.05, 4.69) is 16.3 Å². The summed E-state index contributed by atoms with van der Waals surface area (Å²) in [7, 11) is 0. The number of anilines is 1. The molecule has 1 saturated heterocycles. The second kappa shape index (κ2) is 7.92. The van der Waals surface area contributed by atoms with E-state index < -0.39 is 0 Å². The molecule has 5 heteroatoms. The second-order valence-corrected chi connectivity index (χ2v) is 7.21. The highest BCUT2D eigenvalue weighted by Gasteiger charge is 2.20. The maximum atomic E-state index is 12.5. The number of hydrogen-bond acceptors (Lipinski definition) is 4. The molecular formula is C19H24N2O2S. The van der Waals surface area contributed by atoms with Crippen molar-refractivity contribution in [2.45, 2.75) is 38.3 Å². The van der Waals surface area contributed by atoms with Gasteiger partial charge in [-0.1, -0.05) is 18.2 Å². The maximum absolute atomic E-state index is 12.5. The van der Waals surface area contributed by atoms with Gasteiger partial charge in [-0.2, -0.15) is 11.3 Å². The minimum Gasteiger partial charge on any atom is -0.393 e. The fourth-order valence-corrected chi connectivity index (χ4v) is 3.77. The molecule has 0 saturated carbocycles. The van der Waals surface area contributed by atoms with Crippen LogP contribution >= 0.6 is 11.3 Å². The lowest BCUT2D eigenvalue weighted by molar-refractivity contribution is -0.117. The first kappa shape index (κ1) is 17.1. The first-order chi connectivity index (χ1) is 11.6. The molecule has 3 rings (SSSR count). The number of para-hydroxylation sites is 1. The largest absolute Gasteiger partial charge is 0.393 e. The Morgan fingerprint density at radius 2 is 2.08 bits per heavy atom. The van der Waals surface area contributed by atoms with E-state index in [1.54, 1.807) is 11.3 Å². The Kier molecular flexibility index (Phi) is 5.66. The zero-order valence-corrected chi connectivity index (χ0v) is 14.8. The summed E-state index contributed by atoms with van der Waals surface area (Å²) >= 11 is 1.61. The summed E-state index contributed by atoms with van der Waals surface area (Å²) in [6.45, 7) is 4.53. The molecule has 2 aromatic rings. The standard InChI is InChI=1S/C19H24N2O2S/c1-14(16-8-11-24-13-16)19(23)20-18-5-3-2-4-15(18)12-21-9-6-17(22)7-10-21/h2-5,8,11,13-14,17,22H,6-7,9-10,12H2,1H3,(H,20,23). The molecular weight excluding hydrogens is 320 g/mol. The Labute approximate surface area is 147 Å². The molecule has 24 heavy (non-hydrogen) atoms. The fraction of sp³-hybridized carbons (Fsp3) is 0.421. The number of likely N-dealkylation sites (tertiary alicyclic amines) is 1. The van der Waals surface area contributed by atoms with Crippen LogP contribution in [0.1, 0.15) is 36.8 Å². The number of carbonyl (C=O) groups is 1. The van der Waals surface area contributed by atoms with E-state index in [1.165, 1.54) is 0 Å². The van der Waals surface area contributed by atoms with Gasteiger partial charge in [0.1, 0.15) is 0 Å². The van der Waals surface area contributed by atoms with Crippen molar-refractivity contribution in [3.63, 3.8) is 0 Å². The summed E-state index contributed by atoms with van der Waals surface area (Å²) in [6.07, 6.45) is 1.48. The van der Waals surface area contributed by atoms with Gasteiger partial charge < -0.3 is 10.4 Å². The molecule has 1 aromatic heterocycles. The summed E-state index contributed by atoms with van der Waals surface area (Å²) in [6, 6.07) is 9.99. The summed E-state index contributed by atoms with van der Waals surface area (Å²) in [4.78, 5) is 14.9. The van der Waals surface area contributed by atoms with Gasteiger partial charge in [0.25, 0.3) is 0 Å². The minimum absolute atomic E-state index is 0.0231. The van der Waals surface area contributed by atoms with Crippen molar-refractivity contribution >= 4 is 22.9 Å². The highest BCUT2D eigenvalue weighted by atomic mass is 32.1. The monoisotopic (exact) mass is 344 g/mol. The van der Waals surface area contributed by atoms with Crippen LogP contribution in [-0.2, 0) is 11.3 Å². The average molecular weight is 344 g/mol. The van der Waals surface area contributed by atoms with Gasteiger partial charge in [0.05, 0.1) is 12.0 Å². The van der Waals surface area contributed by atoms with Crippen LogP contribution in [0.2, 0.25) is 0 Å². The van der Waals surface area contributed by atoms with Crippen molar-refractivity contribution in [2.24, 2.45) is 0 Å². The van der Waals surface area contributed by atoms with Crippen LogP contribution in [0.5, 0.6) is 0 Å². The number of piperidine rings is 1. The van der Waals surface area contributed by atoms with Crippen molar-refractivity contribution < 1.29 is 9.90 Å². The van der Waals surface area contributed by atoms with Crippen molar-refractivity contribution in [2.75, 3.05) is 18.4 Å². The number of hydrogen-bond donors (Lipinski definition) is 2. The van der Waals surface area contributed by atoms with Gasteiger partial charge >= 0.3 is 0 Å². The number of nitrogens with zero attached hydrogens (tertiary/aromatic N) is 1. The topological polar surface area (TPSA) is 52.6 Å². The molecule has 128 valence electrons. The molecule has 0 bridgehead atoms. The predicted octanol–water partition coefficient (Wildman–Crippen LogP) is 3.45. The van der Waals surface area contributed by atoms with E-state index in [0.717, 1.165) is 49.3 Å². The zero-order chi connectivity index (χ0) is 16.9. The van der Waals surface area contributed by atoms with Crippen molar-refractivity contribution in [3.05, 3.63) is 52.2 Å². The third-order valence-corrected chi connectivity index (χ3v) is 5.36. The van der Waals surface area contributed by atoms with Crippen molar-refractivity contribution in [3.8, 4) is 0 Å². The molecule has 1 atom stereocenters. The van der Waals surface area contributed by atoms with Gasteiger partial charge in [0.15, 0.2) is 0 Å². The van der Waals surface area contributed by atoms with Crippen LogP contribution in [-0.4, -0.2) is 35.1 Å².